The molecule has 1 heterocycles. The highest BCUT2D eigenvalue weighted by molar-refractivity contribution is 7.88. The van der Waals surface area contributed by atoms with Gasteiger partial charge in [0.2, 0.25) is 21.8 Å². The monoisotopic (exact) mass is 401 g/mol. The van der Waals surface area contributed by atoms with Crippen LogP contribution in [0.1, 0.15) is 24.4 Å². The van der Waals surface area contributed by atoms with Gasteiger partial charge in [0, 0.05) is 31.4 Å². The Morgan fingerprint density at radius 1 is 1.11 bits per heavy atom. The van der Waals surface area contributed by atoms with Gasteiger partial charge in [0.1, 0.15) is 6.04 Å². The maximum Gasteiger partial charge on any atom is 0.247 e. The second-order valence-electron chi connectivity index (χ2n) is 6.78. The molecule has 0 saturated carbocycles. The van der Waals surface area contributed by atoms with Crippen LogP contribution in [-0.2, 0) is 19.6 Å². The number of nitrogens with zero attached hydrogens (tertiary/aromatic N) is 2. The van der Waals surface area contributed by atoms with E-state index in [2.05, 4.69) is 5.32 Å². The van der Waals surface area contributed by atoms with Crippen LogP contribution in [0.15, 0.2) is 54.6 Å². The second kappa shape index (κ2) is 8.12. The Hall–Kier alpha value is -2.71. The van der Waals surface area contributed by atoms with Crippen molar-refractivity contribution in [1.29, 1.82) is 0 Å². The van der Waals surface area contributed by atoms with Gasteiger partial charge in [-0.25, -0.2) is 8.42 Å². The minimum Gasteiger partial charge on any atom is -0.324 e. The minimum atomic E-state index is -3.58. The van der Waals surface area contributed by atoms with Crippen molar-refractivity contribution >= 4 is 33.2 Å². The molecule has 1 N–H and O–H groups in total. The van der Waals surface area contributed by atoms with Gasteiger partial charge in [0.25, 0.3) is 0 Å². The van der Waals surface area contributed by atoms with Crippen molar-refractivity contribution in [3.63, 3.8) is 0 Å². The summed E-state index contributed by atoms with van der Waals surface area (Å²) in [6, 6.07) is 14.7. The van der Waals surface area contributed by atoms with Gasteiger partial charge in [-0.15, -0.1) is 0 Å². The van der Waals surface area contributed by atoms with Gasteiger partial charge in [-0.05, 0) is 36.2 Å². The highest BCUT2D eigenvalue weighted by atomic mass is 32.2. The lowest BCUT2D eigenvalue weighted by atomic mass is 10.1. The quantitative estimate of drug-likeness (QED) is 0.805. The summed E-state index contributed by atoms with van der Waals surface area (Å²) >= 11 is 0. The van der Waals surface area contributed by atoms with Gasteiger partial charge in [0.05, 0.1) is 6.26 Å². The molecule has 0 unspecified atom stereocenters. The molecule has 28 heavy (non-hydrogen) atoms. The van der Waals surface area contributed by atoms with E-state index < -0.39 is 22.0 Å². The molecule has 2 aromatic rings. The molecule has 1 aliphatic heterocycles. The number of rotatable bonds is 6. The van der Waals surface area contributed by atoms with Crippen molar-refractivity contribution in [1.82, 2.24) is 4.31 Å². The summed E-state index contributed by atoms with van der Waals surface area (Å²) in [6.07, 6.45) is 2.46. The molecular weight excluding hydrogens is 378 g/mol. The molecule has 0 aromatic heterocycles. The average Bonchev–Trinajstić information content (AvgIpc) is 3.08. The minimum absolute atomic E-state index is 0.0932. The van der Waals surface area contributed by atoms with Crippen LogP contribution in [0.2, 0.25) is 0 Å². The maximum atomic E-state index is 12.9. The molecule has 3 rings (SSSR count). The summed E-state index contributed by atoms with van der Waals surface area (Å²) in [6.45, 7) is 0.694. The van der Waals surface area contributed by atoms with E-state index in [1.807, 2.05) is 0 Å². The van der Waals surface area contributed by atoms with E-state index in [0.29, 0.717) is 24.2 Å². The predicted molar refractivity (Wildman–Crippen MR) is 108 cm³/mol. The van der Waals surface area contributed by atoms with Crippen molar-refractivity contribution in [2.24, 2.45) is 0 Å². The summed E-state index contributed by atoms with van der Waals surface area (Å²) in [7, 11) is -2.20. The number of hydrogen-bond donors (Lipinski definition) is 1. The molecule has 1 saturated heterocycles. The van der Waals surface area contributed by atoms with Crippen LogP contribution in [-0.4, -0.2) is 44.4 Å². The third-order valence-corrected chi connectivity index (χ3v) is 6.03. The SMILES string of the molecule is CN([C@H](C(=O)Nc1ccc(N2CCCC2=O)cc1)c1ccccc1)S(C)(=O)=O. The lowest BCUT2D eigenvalue weighted by Crippen LogP contribution is -2.38. The Balaban J connectivity index is 1.81. The first-order valence-corrected chi connectivity index (χ1v) is 10.8. The number of anilines is 2. The summed E-state index contributed by atoms with van der Waals surface area (Å²) in [5.41, 5.74) is 1.89. The Bertz CT molecular complexity index is 959. The topological polar surface area (TPSA) is 86.8 Å². The molecule has 0 bridgehead atoms. The zero-order valence-electron chi connectivity index (χ0n) is 15.8. The highest BCUT2D eigenvalue weighted by Gasteiger charge is 2.31. The number of carbonyl (C=O) groups is 2. The Morgan fingerprint density at radius 2 is 1.75 bits per heavy atom. The Morgan fingerprint density at radius 3 is 2.29 bits per heavy atom. The molecule has 1 atom stereocenters. The molecule has 0 spiro atoms. The molecular formula is C20H23N3O4S. The van der Waals surface area contributed by atoms with Crippen LogP contribution in [0.5, 0.6) is 0 Å². The number of carbonyl (C=O) groups excluding carboxylic acids is 2. The van der Waals surface area contributed by atoms with E-state index in [-0.39, 0.29) is 5.91 Å². The Labute approximate surface area is 165 Å². The van der Waals surface area contributed by atoms with Crippen molar-refractivity contribution in [2.75, 3.05) is 30.1 Å². The highest BCUT2D eigenvalue weighted by Crippen LogP contribution is 2.26. The molecule has 1 fully saturated rings. The zero-order valence-corrected chi connectivity index (χ0v) is 16.6. The van der Waals surface area contributed by atoms with Gasteiger partial charge in [-0.2, -0.15) is 4.31 Å². The number of sulfonamides is 1. The van der Waals surface area contributed by atoms with Crippen molar-refractivity contribution < 1.29 is 18.0 Å². The van der Waals surface area contributed by atoms with Crippen molar-refractivity contribution in [3.05, 3.63) is 60.2 Å². The van der Waals surface area contributed by atoms with E-state index in [0.717, 1.165) is 22.7 Å². The fraction of sp³-hybridized carbons (Fsp3) is 0.300. The smallest absolute Gasteiger partial charge is 0.247 e. The molecule has 8 heteroatoms. The largest absolute Gasteiger partial charge is 0.324 e. The van der Waals surface area contributed by atoms with Crippen LogP contribution >= 0.6 is 0 Å². The predicted octanol–water partition coefficient (Wildman–Crippen LogP) is 2.38. The van der Waals surface area contributed by atoms with E-state index in [1.165, 1.54) is 7.05 Å². The van der Waals surface area contributed by atoms with Gasteiger partial charge in [-0.3, -0.25) is 9.59 Å². The lowest BCUT2D eigenvalue weighted by molar-refractivity contribution is -0.119. The first-order valence-electron chi connectivity index (χ1n) is 8.96. The molecule has 1 aliphatic rings. The standard InChI is InChI=1S/C20H23N3O4S/c1-22(28(2,26)27)19(15-7-4-3-5-8-15)20(25)21-16-10-12-17(13-11-16)23-14-6-9-18(23)24/h3-5,7-8,10-13,19H,6,9,14H2,1-2H3,(H,21,25)/t19-/m0/s1. The first kappa shape index (κ1) is 20.0. The first-order chi connectivity index (χ1) is 13.3. The van der Waals surface area contributed by atoms with Crippen LogP contribution in [0.3, 0.4) is 0 Å². The second-order valence-corrected chi connectivity index (χ2v) is 8.82. The van der Waals surface area contributed by atoms with E-state index in [4.69, 9.17) is 0 Å². The van der Waals surface area contributed by atoms with Crippen LogP contribution in [0.4, 0.5) is 11.4 Å². The summed E-state index contributed by atoms with van der Waals surface area (Å²) in [4.78, 5) is 26.5. The van der Waals surface area contributed by atoms with Gasteiger partial charge in [-0.1, -0.05) is 30.3 Å². The number of hydrogen-bond acceptors (Lipinski definition) is 4. The molecule has 2 aromatic carbocycles. The molecule has 0 aliphatic carbocycles. The lowest BCUT2D eigenvalue weighted by Gasteiger charge is -2.25. The van der Waals surface area contributed by atoms with Crippen molar-refractivity contribution in [2.45, 2.75) is 18.9 Å². The zero-order chi connectivity index (χ0) is 20.3. The maximum absolute atomic E-state index is 12.9. The van der Waals surface area contributed by atoms with Gasteiger partial charge >= 0.3 is 0 Å². The Kier molecular flexibility index (Phi) is 5.81. The summed E-state index contributed by atoms with van der Waals surface area (Å²) < 4.78 is 25.1. The van der Waals surface area contributed by atoms with E-state index >= 15 is 0 Å². The van der Waals surface area contributed by atoms with Gasteiger partial charge in [0.15, 0.2) is 0 Å². The number of likely N-dealkylation sites (N-methyl/N-ethyl adjacent to an activating group) is 1. The van der Waals surface area contributed by atoms with Crippen LogP contribution < -0.4 is 10.2 Å². The van der Waals surface area contributed by atoms with Crippen LogP contribution in [0, 0.1) is 0 Å². The van der Waals surface area contributed by atoms with E-state index in [9.17, 15) is 18.0 Å². The fourth-order valence-electron chi connectivity index (χ4n) is 3.21. The molecule has 148 valence electrons. The molecule has 7 nitrogen and oxygen atoms in total. The average molecular weight is 401 g/mol. The fourth-order valence-corrected chi connectivity index (χ4v) is 3.81. The van der Waals surface area contributed by atoms with Crippen molar-refractivity contribution in [3.8, 4) is 0 Å². The summed E-state index contributed by atoms with van der Waals surface area (Å²) in [5, 5.41) is 2.77. The third kappa shape index (κ3) is 4.40. The van der Waals surface area contributed by atoms with Crippen LogP contribution in [0.25, 0.3) is 0 Å². The van der Waals surface area contributed by atoms with E-state index in [1.54, 1.807) is 59.5 Å². The summed E-state index contributed by atoms with van der Waals surface area (Å²) in [5.74, 6) is -0.361. The van der Waals surface area contributed by atoms with Gasteiger partial charge < -0.3 is 10.2 Å². The third-order valence-electron chi connectivity index (χ3n) is 4.77. The number of nitrogens with one attached hydrogen (secondary N) is 1. The molecule has 0 radical (unpaired) electrons. The number of amides is 2. The number of benzene rings is 2. The normalized spacial score (nSPS) is 15.7. The molecule has 2 amide bonds.